The van der Waals surface area contributed by atoms with Crippen molar-refractivity contribution in [3.8, 4) is 23.0 Å². The number of rotatable bonds is 7. The topological polar surface area (TPSA) is 86.5 Å². The van der Waals surface area contributed by atoms with Crippen LogP contribution in [0.4, 0.5) is 4.39 Å². The Bertz CT molecular complexity index is 903. The molecule has 1 aromatic heterocycles. The van der Waals surface area contributed by atoms with Crippen molar-refractivity contribution in [1.29, 1.82) is 0 Å². The zero-order valence-electron chi connectivity index (χ0n) is 14.9. The lowest BCUT2D eigenvalue weighted by molar-refractivity contribution is 0.0947. The summed E-state index contributed by atoms with van der Waals surface area (Å²) in [6.07, 6.45) is 0.345. The highest BCUT2D eigenvalue weighted by Crippen LogP contribution is 2.27. The SMILES string of the molecule is COc1cccc(OC)c1C(=O)NCCc1nnc(-c2ccc(F)cc2)o1. The van der Waals surface area contributed by atoms with Crippen molar-refractivity contribution in [3.05, 3.63) is 59.7 Å². The van der Waals surface area contributed by atoms with Crippen LogP contribution in [-0.2, 0) is 6.42 Å². The van der Waals surface area contributed by atoms with E-state index in [4.69, 9.17) is 13.9 Å². The van der Waals surface area contributed by atoms with E-state index in [1.807, 2.05) is 0 Å². The number of carbonyl (C=O) groups is 1. The first kappa shape index (κ1) is 18.4. The van der Waals surface area contributed by atoms with Crippen LogP contribution < -0.4 is 14.8 Å². The smallest absolute Gasteiger partial charge is 0.258 e. The molecule has 27 heavy (non-hydrogen) atoms. The summed E-state index contributed by atoms with van der Waals surface area (Å²) < 4.78 is 29.0. The van der Waals surface area contributed by atoms with E-state index < -0.39 is 0 Å². The van der Waals surface area contributed by atoms with Crippen LogP contribution in [0.2, 0.25) is 0 Å². The number of halogens is 1. The third-order valence-electron chi connectivity index (χ3n) is 3.84. The van der Waals surface area contributed by atoms with Gasteiger partial charge in [-0.2, -0.15) is 0 Å². The first-order valence-electron chi connectivity index (χ1n) is 8.20. The van der Waals surface area contributed by atoms with Crippen molar-refractivity contribution in [1.82, 2.24) is 15.5 Å². The molecule has 8 heteroatoms. The Labute approximate surface area is 155 Å². The van der Waals surface area contributed by atoms with Crippen LogP contribution in [0.25, 0.3) is 11.5 Å². The second-order valence-electron chi connectivity index (χ2n) is 5.55. The summed E-state index contributed by atoms with van der Waals surface area (Å²) in [7, 11) is 2.97. The summed E-state index contributed by atoms with van der Waals surface area (Å²) in [4.78, 5) is 12.5. The lowest BCUT2D eigenvalue weighted by Gasteiger charge is -2.12. The zero-order valence-corrected chi connectivity index (χ0v) is 14.9. The summed E-state index contributed by atoms with van der Waals surface area (Å²) >= 11 is 0. The van der Waals surface area contributed by atoms with E-state index in [0.717, 1.165) is 0 Å². The summed E-state index contributed by atoms with van der Waals surface area (Å²) in [5, 5.41) is 10.7. The quantitative estimate of drug-likeness (QED) is 0.687. The van der Waals surface area contributed by atoms with E-state index in [2.05, 4.69) is 15.5 Å². The molecule has 1 N–H and O–H groups in total. The Morgan fingerprint density at radius 3 is 2.37 bits per heavy atom. The molecule has 0 saturated heterocycles. The van der Waals surface area contributed by atoms with Crippen molar-refractivity contribution < 1.29 is 23.1 Å². The second kappa shape index (κ2) is 8.31. The number of ether oxygens (including phenoxy) is 2. The van der Waals surface area contributed by atoms with Gasteiger partial charge < -0.3 is 19.2 Å². The Morgan fingerprint density at radius 2 is 1.74 bits per heavy atom. The minimum absolute atomic E-state index is 0.283. The highest BCUT2D eigenvalue weighted by molar-refractivity contribution is 5.99. The molecule has 0 saturated carbocycles. The van der Waals surface area contributed by atoms with E-state index in [-0.39, 0.29) is 18.3 Å². The molecule has 0 spiro atoms. The van der Waals surface area contributed by atoms with Gasteiger partial charge in [0.05, 0.1) is 14.2 Å². The Morgan fingerprint density at radius 1 is 1.07 bits per heavy atom. The minimum atomic E-state index is -0.340. The number of benzene rings is 2. The summed E-state index contributed by atoms with van der Waals surface area (Å²) in [5.74, 6) is 0.825. The van der Waals surface area contributed by atoms with Crippen molar-refractivity contribution in [2.75, 3.05) is 20.8 Å². The van der Waals surface area contributed by atoms with Gasteiger partial charge >= 0.3 is 0 Å². The lowest BCUT2D eigenvalue weighted by atomic mass is 10.1. The molecule has 1 heterocycles. The average molecular weight is 371 g/mol. The van der Waals surface area contributed by atoms with Gasteiger partial charge in [-0.25, -0.2) is 4.39 Å². The fraction of sp³-hybridized carbons (Fsp3) is 0.211. The maximum Gasteiger partial charge on any atom is 0.258 e. The van der Waals surface area contributed by atoms with Gasteiger partial charge in [-0.3, -0.25) is 4.79 Å². The summed E-state index contributed by atoms with van der Waals surface area (Å²) in [5.41, 5.74) is 0.943. The molecule has 3 rings (SSSR count). The van der Waals surface area contributed by atoms with Crippen molar-refractivity contribution >= 4 is 5.91 Å². The molecule has 3 aromatic rings. The van der Waals surface area contributed by atoms with Gasteiger partial charge in [0, 0.05) is 18.5 Å². The van der Waals surface area contributed by atoms with E-state index in [0.29, 0.717) is 40.8 Å². The van der Waals surface area contributed by atoms with Crippen LogP contribution in [0.1, 0.15) is 16.2 Å². The van der Waals surface area contributed by atoms with Crippen LogP contribution >= 0.6 is 0 Å². The highest BCUT2D eigenvalue weighted by Gasteiger charge is 2.18. The molecule has 7 nitrogen and oxygen atoms in total. The predicted molar refractivity (Wildman–Crippen MR) is 95.3 cm³/mol. The van der Waals surface area contributed by atoms with Crippen LogP contribution in [0.5, 0.6) is 11.5 Å². The van der Waals surface area contributed by atoms with E-state index >= 15 is 0 Å². The Hall–Kier alpha value is -3.42. The number of hydrogen-bond acceptors (Lipinski definition) is 6. The maximum atomic E-state index is 13.0. The number of hydrogen-bond donors (Lipinski definition) is 1. The lowest BCUT2D eigenvalue weighted by Crippen LogP contribution is -2.26. The van der Waals surface area contributed by atoms with Crippen molar-refractivity contribution in [2.24, 2.45) is 0 Å². The van der Waals surface area contributed by atoms with Crippen molar-refractivity contribution in [3.63, 3.8) is 0 Å². The van der Waals surface area contributed by atoms with Gasteiger partial charge in [-0.1, -0.05) is 6.07 Å². The third-order valence-corrected chi connectivity index (χ3v) is 3.84. The highest BCUT2D eigenvalue weighted by atomic mass is 19.1. The number of methoxy groups -OCH3 is 2. The maximum absolute atomic E-state index is 13.0. The minimum Gasteiger partial charge on any atom is -0.496 e. The molecule has 0 fully saturated rings. The van der Waals surface area contributed by atoms with Gasteiger partial charge in [0.2, 0.25) is 11.8 Å². The molecule has 0 atom stereocenters. The standard InChI is InChI=1S/C19H18FN3O4/c1-25-14-4-3-5-15(26-2)17(14)18(24)21-11-10-16-22-23-19(27-16)12-6-8-13(20)9-7-12/h3-9H,10-11H2,1-2H3,(H,21,24). The molecule has 0 radical (unpaired) electrons. The van der Waals surface area contributed by atoms with Gasteiger partial charge in [-0.05, 0) is 36.4 Å². The summed E-state index contributed by atoms with van der Waals surface area (Å²) in [6, 6.07) is 10.9. The number of amides is 1. The molecular formula is C19H18FN3O4. The number of nitrogens with zero attached hydrogens (tertiary/aromatic N) is 2. The molecule has 2 aromatic carbocycles. The molecule has 1 amide bonds. The Balaban J connectivity index is 1.62. The Kier molecular flexibility index (Phi) is 5.65. The molecule has 140 valence electrons. The van der Waals surface area contributed by atoms with Crippen LogP contribution in [0, 0.1) is 5.82 Å². The average Bonchev–Trinajstić information content (AvgIpc) is 3.16. The van der Waals surface area contributed by atoms with Gasteiger partial charge in [0.25, 0.3) is 5.91 Å². The number of aromatic nitrogens is 2. The number of nitrogens with one attached hydrogen (secondary N) is 1. The largest absolute Gasteiger partial charge is 0.496 e. The molecule has 0 unspecified atom stereocenters. The monoisotopic (exact) mass is 371 g/mol. The van der Waals surface area contributed by atoms with E-state index in [1.165, 1.54) is 26.4 Å². The van der Waals surface area contributed by atoms with Crippen LogP contribution in [0.15, 0.2) is 46.9 Å². The molecule has 0 aliphatic heterocycles. The van der Waals surface area contributed by atoms with E-state index in [1.54, 1.807) is 30.3 Å². The fourth-order valence-corrected chi connectivity index (χ4v) is 2.51. The molecular weight excluding hydrogens is 353 g/mol. The fourth-order valence-electron chi connectivity index (χ4n) is 2.51. The first-order valence-corrected chi connectivity index (χ1v) is 8.20. The van der Waals surface area contributed by atoms with Gasteiger partial charge in [-0.15, -0.1) is 10.2 Å². The second-order valence-corrected chi connectivity index (χ2v) is 5.55. The summed E-state index contributed by atoms with van der Waals surface area (Å²) in [6.45, 7) is 0.283. The zero-order chi connectivity index (χ0) is 19.2. The van der Waals surface area contributed by atoms with Crippen molar-refractivity contribution in [2.45, 2.75) is 6.42 Å². The third kappa shape index (κ3) is 4.22. The number of carbonyl (C=O) groups excluding carboxylic acids is 1. The van der Waals surface area contributed by atoms with Gasteiger partial charge in [0.15, 0.2) is 0 Å². The van der Waals surface area contributed by atoms with Crippen LogP contribution in [-0.4, -0.2) is 36.9 Å². The molecule has 0 aliphatic carbocycles. The molecule has 0 aliphatic rings. The predicted octanol–water partition coefficient (Wildman–Crippen LogP) is 2.87. The first-order chi connectivity index (χ1) is 13.1. The van der Waals surface area contributed by atoms with E-state index in [9.17, 15) is 9.18 Å². The van der Waals surface area contributed by atoms with Crippen LogP contribution in [0.3, 0.4) is 0 Å². The van der Waals surface area contributed by atoms with Gasteiger partial charge in [0.1, 0.15) is 22.9 Å². The normalized spacial score (nSPS) is 10.5. The molecule has 0 bridgehead atoms.